The lowest BCUT2D eigenvalue weighted by Crippen LogP contribution is -1.95. The van der Waals surface area contributed by atoms with Crippen LogP contribution in [0.2, 0.25) is 0 Å². The average Bonchev–Trinajstić information content (AvgIpc) is 2.64. The topological polar surface area (TPSA) is 52.0 Å². The van der Waals surface area contributed by atoms with Crippen LogP contribution >= 0.6 is 15.9 Å². The largest absolute Gasteiger partial charge is 0.367 e. The van der Waals surface area contributed by atoms with Gasteiger partial charge < -0.3 is 10.3 Å². The van der Waals surface area contributed by atoms with Crippen molar-refractivity contribution >= 4 is 21.8 Å². The number of nitrogens with zero attached hydrogens (tertiary/aromatic N) is 1. The lowest BCUT2D eigenvalue weighted by atomic mass is 9.96. The Morgan fingerprint density at radius 2 is 2.06 bits per heavy atom. The van der Waals surface area contributed by atoms with Crippen molar-refractivity contribution in [2.45, 2.75) is 26.7 Å². The van der Waals surface area contributed by atoms with E-state index in [2.05, 4.69) is 41.9 Å². The standard InChI is InChI=1S/C13H15BrN2O/c1-7(2)11-12(16-17-13(11)15)10-6-9(14)5-4-8(10)3/h4-7H,15H2,1-3H3. The summed E-state index contributed by atoms with van der Waals surface area (Å²) in [7, 11) is 0. The van der Waals surface area contributed by atoms with E-state index in [1.165, 1.54) is 0 Å². The second-order valence-corrected chi connectivity index (χ2v) is 5.34. The Labute approximate surface area is 109 Å². The number of hydrogen-bond donors (Lipinski definition) is 1. The molecule has 3 nitrogen and oxygen atoms in total. The summed E-state index contributed by atoms with van der Waals surface area (Å²) in [5, 5.41) is 4.09. The molecule has 0 aliphatic carbocycles. The van der Waals surface area contributed by atoms with Crippen LogP contribution in [0.5, 0.6) is 0 Å². The number of aryl methyl sites for hydroxylation is 1. The molecule has 0 aliphatic rings. The zero-order valence-corrected chi connectivity index (χ0v) is 11.7. The zero-order valence-electron chi connectivity index (χ0n) is 10.1. The fraction of sp³-hybridized carbons (Fsp3) is 0.308. The van der Waals surface area contributed by atoms with Crippen LogP contribution in [0.25, 0.3) is 11.3 Å². The first-order chi connectivity index (χ1) is 8.00. The number of halogens is 1. The highest BCUT2D eigenvalue weighted by atomic mass is 79.9. The third kappa shape index (κ3) is 2.22. The number of nitrogen functional groups attached to an aromatic ring is 1. The number of anilines is 1. The summed E-state index contributed by atoms with van der Waals surface area (Å²) in [5.41, 5.74) is 9.86. The molecule has 2 rings (SSSR count). The molecular weight excluding hydrogens is 280 g/mol. The lowest BCUT2D eigenvalue weighted by molar-refractivity contribution is 0.438. The van der Waals surface area contributed by atoms with Gasteiger partial charge in [-0.2, -0.15) is 0 Å². The number of nitrogens with two attached hydrogens (primary N) is 1. The van der Waals surface area contributed by atoms with Gasteiger partial charge in [0.2, 0.25) is 5.88 Å². The van der Waals surface area contributed by atoms with Crippen molar-refractivity contribution in [3.05, 3.63) is 33.8 Å². The van der Waals surface area contributed by atoms with E-state index in [1.54, 1.807) is 0 Å². The molecule has 90 valence electrons. The van der Waals surface area contributed by atoms with Crippen LogP contribution in [0.4, 0.5) is 5.88 Å². The van der Waals surface area contributed by atoms with Crippen molar-refractivity contribution in [3.8, 4) is 11.3 Å². The molecule has 0 fully saturated rings. The number of benzene rings is 1. The van der Waals surface area contributed by atoms with Crippen LogP contribution in [0, 0.1) is 6.92 Å². The summed E-state index contributed by atoms with van der Waals surface area (Å²) in [5.74, 6) is 0.698. The molecule has 0 saturated carbocycles. The fourth-order valence-corrected chi connectivity index (χ4v) is 2.27. The third-order valence-corrected chi connectivity index (χ3v) is 3.28. The van der Waals surface area contributed by atoms with Gasteiger partial charge in [0, 0.05) is 15.6 Å². The normalized spacial score (nSPS) is 11.1. The van der Waals surface area contributed by atoms with Crippen LogP contribution in [0.1, 0.15) is 30.9 Å². The molecule has 0 bridgehead atoms. The average molecular weight is 295 g/mol. The van der Waals surface area contributed by atoms with Crippen LogP contribution in [-0.2, 0) is 0 Å². The van der Waals surface area contributed by atoms with Crippen molar-refractivity contribution < 1.29 is 4.52 Å². The molecule has 1 heterocycles. The molecule has 4 heteroatoms. The molecule has 1 aromatic carbocycles. The Kier molecular flexibility index (Phi) is 3.24. The highest BCUT2D eigenvalue weighted by Gasteiger charge is 2.19. The van der Waals surface area contributed by atoms with Crippen molar-refractivity contribution in [2.24, 2.45) is 0 Å². The Balaban J connectivity index is 2.64. The van der Waals surface area contributed by atoms with Gasteiger partial charge >= 0.3 is 0 Å². The predicted octanol–water partition coefficient (Wildman–Crippen LogP) is 4.12. The van der Waals surface area contributed by atoms with E-state index in [4.69, 9.17) is 10.3 Å². The third-order valence-electron chi connectivity index (χ3n) is 2.79. The molecule has 2 aromatic rings. The maximum atomic E-state index is 5.83. The van der Waals surface area contributed by atoms with Crippen LogP contribution in [0.3, 0.4) is 0 Å². The van der Waals surface area contributed by atoms with E-state index in [1.807, 2.05) is 18.2 Å². The molecule has 0 saturated heterocycles. The first-order valence-corrected chi connectivity index (χ1v) is 6.31. The molecular formula is C13H15BrN2O. The monoisotopic (exact) mass is 294 g/mol. The first kappa shape index (κ1) is 12.2. The summed E-state index contributed by atoms with van der Waals surface area (Å²) in [4.78, 5) is 0. The van der Waals surface area contributed by atoms with Gasteiger partial charge in [-0.25, -0.2) is 0 Å². The van der Waals surface area contributed by atoms with Gasteiger partial charge in [0.05, 0.1) is 0 Å². The Hall–Kier alpha value is -1.29. The quantitative estimate of drug-likeness (QED) is 0.906. The molecule has 17 heavy (non-hydrogen) atoms. The van der Waals surface area contributed by atoms with Gasteiger partial charge in [-0.15, -0.1) is 0 Å². The molecule has 0 spiro atoms. The molecule has 0 aliphatic heterocycles. The highest BCUT2D eigenvalue weighted by molar-refractivity contribution is 9.10. The number of aromatic nitrogens is 1. The van der Waals surface area contributed by atoms with E-state index in [9.17, 15) is 0 Å². The maximum absolute atomic E-state index is 5.83. The summed E-state index contributed by atoms with van der Waals surface area (Å²) in [6.07, 6.45) is 0. The van der Waals surface area contributed by atoms with Gasteiger partial charge in [0.1, 0.15) is 5.69 Å². The van der Waals surface area contributed by atoms with E-state index in [-0.39, 0.29) is 5.92 Å². The van der Waals surface area contributed by atoms with Crippen molar-refractivity contribution in [2.75, 3.05) is 5.73 Å². The Morgan fingerprint density at radius 3 is 2.71 bits per heavy atom. The second kappa shape index (κ2) is 4.53. The lowest BCUT2D eigenvalue weighted by Gasteiger charge is -2.08. The fourth-order valence-electron chi connectivity index (χ4n) is 1.91. The van der Waals surface area contributed by atoms with Gasteiger partial charge in [-0.3, -0.25) is 0 Å². The molecule has 0 radical (unpaired) electrons. The SMILES string of the molecule is Cc1ccc(Br)cc1-c1noc(N)c1C(C)C. The predicted molar refractivity (Wildman–Crippen MR) is 72.9 cm³/mol. The highest BCUT2D eigenvalue weighted by Crippen LogP contribution is 2.35. The second-order valence-electron chi connectivity index (χ2n) is 4.42. The Morgan fingerprint density at radius 1 is 1.35 bits per heavy atom. The van der Waals surface area contributed by atoms with E-state index in [0.29, 0.717) is 5.88 Å². The van der Waals surface area contributed by atoms with Gasteiger partial charge in [0.15, 0.2) is 0 Å². The van der Waals surface area contributed by atoms with E-state index < -0.39 is 0 Å². The van der Waals surface area contributed by atoms with Gasteiger partial charge in [-0.1, -0.05) is 41.0 Å². The van der Waals surface area contributed by atoms with Gasteiger partial charge in [0.25, 0.3) is 0 Å². The minimum Gasteiger partial charge on any atom is -0.367 e. The van der Waals surface area contributed by atoms with Crippen molar-refractivity contribution in [1.82, 2.24) is 5.16 Å². The maximum Gasteiger partial charge on any atom is 0.226 e. The number of hydrogen-bond acceptors (Lipinski definition) is 3. The molecule has 0 unspecified atom stereocenters. The molecule has 0 atom stereocenters. The van der Waals surface area contributed by atoms with Crippen LogP contribution in [-0.4, -0.2) is 5.16 Å². The zero-order chi connectivity index (χ0) is 12.6. The molecule has 1 aromatic heterocycles. The van der Waals surface area contributed by atoms with E-state index >= 15 is 0 Å². The van der Waals surface area contributed by atoms with Crippen LogP contribution < -0.4 is 5.73 Å². The molecule has 0 amide bonds. The Bertz CT molecular complexity index is 546. The summed E-state index contributed by atoms with van der Waals surface area (Å²) in [6, 6.07) is 6.10. The summed E-state index contributed by atoms with van der Waals surface area (Å²) in [6.45, 7) is 6.22. The smallest absolute Gasteiger partial charge is 0.226 e. The molecule has 2 N–H and O–H groups in total. The first-order valence-electron chi connectivity index (χ1n) is 5.52. The van der Waals surface area contributed by atoms with Crippen LogP contribution in [0.15, 0.2) is 27.2 Å². The summed E-state index contributed by atoms with van der Waals surface area (Å²) < 4.78 is 6.14. The number of rotatable bonds is 2. The minimum atomic E-state index is 0.287. The van der Waals surface area contributed by atoms with E-state index in [0.717, 1.165) is 26.9 Å². The van der Waals surface area contributed by atoms with Gasteiger partial charge in [-0.05, 0) is 30.5 Å². The minimum absolute atomic E-state index is 0.287. The van der Waals surface area contributed by atoms with Crippen molar-refractivity contribution in [3.63, 3.8) is 0 Å². The van der Waals surface area contributed by atoms with Crippen molar-refractivity contribution in [1.29, 1.82) is 0 Å². The summed E-state index contributed by atoms with van der Waals surface area (Å²) >= 11 is 3.47.